The molecule has 4 nitrogen and oxygen atoms in total. The molecular formula is C20H15F3N2O2S. The number of anilines is 1. The Morgan fingerprint density at radius 1 is 0.893 bits per heavy atom. The number of halogens is 3. The van der Waals surface area contributed by atoms with Gasteiger partial charge in [0.1, 0.15) is 0 Å². The number of benzene rings is 2. The first kappa shape index (κ1) is 19.6. The Bertz CT molecular complexity index is 1100. The van der Waals surface area contributed by atoms with Crippen molar-refractivity contribution in [1.82, 2.24) is 4.98 Å². The van der Waals surface area contributed by atoms with Crippen LogP contribution in [0, 0.1) is 0 Å². The van der Waals surface area contributed by atoms with E-state index in [-0.39, 0.29) is 5.69 Å². The van der Waals surface area contributed by atoms with Crippen LogP contribution in [0.3, 0.4) is 0 Å². The topological polar surface area (TPSA) is 59.1 Å². The molecule has 8 heteroatoms. The minimum absolute atomic E-state index is 0.237. The molecule has 2 aromatic carbocycles. The largest absolute Gasteiger partial charge is 0.416 e. The Labute approximate surface area is 160 Å². The number of hydrogen-bond acceptors (Lipinski definition) is 3. The number of alkyl halides is 3. The molecule has 0 unspecified atom stereocenters. The molecule has 0 amide bonds. The van der Waals surface area contributed by atoms with Crippen LogP contribution >= 0.6 is 0 Å². The lowest BCUT2D eigenvalue weighted by Gasteiger charge is -2.11. The van der Waals surface area contributed by atoms with Gasteiger partial charge in [-0.3, -0.25) is 9.71 Å². The molecule has 0 aliphatic rings. The zero-order valence-corrected chi connectivity index (χ0v) is 15.2. The summed E-state index contributed by atoms with van der Waals surface area (Å²) in [6, 6.07) is 15.5. The lowest BCUT2D eigenvalue weighted by atomic mass is 10.2. The second-order valence-corrected chi connectivity index (χ2v) is 7.53. The van der Waals surface area contributed by atoms with E-state index in [0.29, 0.717) is 11.6 Å². The quantitative estimate of drug-likeness (QED) is 0.646. The van der Waals surface area contributed by atoms with Gasteiger partial charge in [-0.15, -0.1) is 0 Å². The van der Waals surface area contributed by atoms with Gasteiger partial charge in [0, 0.05) is 11.9 Å². The van der Waals surface area contributed by atoms with Gasteiger partial charge >= 0.3 is 6.18 Å². The highest BCUT2D eigenvalue weighted by Gasteiger charge is 2.31. The summed E-state index contributed by atoms with van der Waals surface area (Å²) in [5.41, 5.74) is 0.648. The number of hydrogen-bond donors (Lipinski definition) is 1. The van der Waals surface area contributed by atoms with Crippen LogP contribution < -0.4 is 4.72 Å². The first-order valence-electron chi connectivity index (χ1n) is 8.13. The summed E-state index contributed by atoms with van der Waals surface area (Å²) in [5, 5.41) is 0. The molecule has 0 radical (unpaired) electrons. The van der Waals surface area contributed by atoms with E-state index in [1.54, 1.807) is 42.6 Å². The van der Waals surface area contributed by atoms with E-state index in [0.717, 1.165) is 23.9 Å². The molecule has 0 atom stereocenters. The van der Waals surface area contributed by atoms with Gasteiger partial charge in [-0.05, 0) is 54.1 Å². The van der Waals surface area contributed by atoms with Crippen molar-refractivity contribution in [3.63, 3.8) is 0 Å². The predicted molar refractivity (Wildman–Crippen MR) is 102 cm³/mol. The summed E-state index contributed by atoms with van der Waals surface area (Å²) in [4.78, 5) is 3.69. The Morgan fingerprint density at radius 3 is 2.39 bits per heavy atom. The normalized spacial score (nSPS) is 12.2. The van der Waals surface area contributed by atoms with Crippen LogP contribution in [-0.4, -0.2) is 13.4 Å². The molecule has 0 bridgehead atoms. The third-order valence-corrected chi connectivity index (χ3v) is 5.12. The number of nitrogens with zero attached hydrogens (tertiary/aromatic N) is 1. The Morgan fingerprint density at radius 2 is 1.68 bits per heavy atom. The molecule has 144 valence electrons. The first-order valence-corrected chi connectivity index (χ1v) is 9.62. The van der Waals surface area contributed by atoms with Crippen LogP contribution in [0.2, 0.25) is 0 Å². The van der Waals surface area contributed by atoms with Crippen molar-refractivity contribution in [2.75, 3.05) is 4.72 Å². The summed E-state index contributed by atoms with van der Waals surface area (Å²) < 4.78 is 65.7. The van der Waals surface area contributed by atoms with Gasteiger partial charge < -0.3 is 0 Å². The van der Waals surface area contributed by atoms with E-state index < -0.39 is 26.7 Å². The molecule has 0 spiro atoms. The lowest BCUT2D eigenvalue weighted by Crippen LogP contribution is -2.14. The van der Waals surface area contributed by atoms with Crippen molar-refractivity contribution in [2.45, 2.75) is 11.1 Å². The standard InChI is InChI=1S/C20H15F3N2O2S/c21-20(22,23)16-6-4-9-19(14-16)28(26,27)25-18-8-3-5-15(13-18)10-11-17-7-1-2-12-24-17/h1-14,25H/b11-10+. The zero-order valence-electron chi connectivity index (χ0n) is 14.4. The number of rotatable bonds is 5. The van der Waals surface area contributed by atoms with E-state index in [4.69, 9.17) is 0 Å². The fraction of sp³-hybridized carbons (Fsp3) is 0.0500. The number of sulfonamides is 1. The molecule has 1 heterocycles. The molecule has 1 aromatic heterocycles. The maximum absolute atomic E-state index is 12.8. The van der Waals surface area contributed by atoms with Crippen LogP contribution in [0.5, 0.6) is 0 Å². The molecule has 1 N–H and O–H groups in total. The van der Waals surface area contributed by atoms with Crippen LogP contribution in [0.15, 0.2) is 77.8 Å². The van der Waals surface area contributed by atoms with Gasteiger partial charge in [-0.1, -0.05) is 30.3 Å². The van der Waals surface area contributed by atoms with Crippen LogP contribution in [0.1, 0.15) is 16.8 Å². The molecule has 0 fully saturated rings. The fourth-order valence-electron chi connectivity index (χ4n) is 2.42. The van der Waals surface area contributed by atoms with E-state index in [1.807, 2.05) is 12.1 Å². The van der Waals surface area contributed by atoms with Gasteiger partial charge in [0.25, 0.3) is 10.0 Å². The highest BCUT2D eigenvalue weighted by Crippen LogP contribution is 2.31. The third kappa shape index (κ3) is 4.98. The van der Waals surface area contributed by atoms with Crippen molar-refractivity contribution < 1.29 is 21.6 Å². The SMILES string of the molecule is O=S(=O)(Nc1cccc(/C=C/c2ccccn2)c1)c1cccc(C(F)(F)F)c1. The van der Waals surface area contributed by atoms with Crippen molar-refractivity contribution in [2.24, 2.45) is 0 Å². The first-order chi connectivity index (χ1) is 13.2. The molecule has 3 aromatic rings. The van der Waals surface area contributed by atoms with E-state index in [9.17, 15) is 21.6 Å². The van der Waals surface area contributed by atoms with E-state index in [2.05, 4.69) is 9.71 Å². The van der Waals surface area contributed by atoms with Gasteiger partial charge in [-0.2, -0.15) is 13.2 Å². The third-order valence-electron chi connectivity index (χ3n) is 3.74. The van der Waals surface area contributed by atoms with Crippen molar-refractivity contribution >= 4 is 27.9 Å². The maximum Gasteiger partial charge on any atom is 0.416 e. The summed E-state index contributed by atoms with van der Waals surface area (Å²) >= 11 is 0. The lowest BCUT2D eigenvalue weighted by molar-refractivity contribution is -0.137. The Kier molecular flexibility index (Phi) is 5.51. The average Bonchev–Trinajstić information content (AvgIpc) is 2.67. The van der Waals surface area contributed by atoms with E-state index >= 15 is 0 Å². The smallest absolute Gasteiger partial charge is 0.280 e. The van der Waals surface area contributed by atoms with Crippen LogP contribution in [-0.2, 0) is 16.2 Å². The van der Waals surface area contributed by atoms with Crippen LogP contribution in [0.4, 0.5) is 18.9 Å². The Balaban J connectivity index is 1.82. The predicted octanol–water partition coefficient (Wildman–Crippen LogP) is 5.07. The van der Waals surface area contributed by atoms with Crippen molar-refractivity contribution in [3.8, 4) is 0 Å². The number of aromatic nitrogens is 1. The fourth-order valence-corrected chi connectivity index (χ4v) is 3.51. The van der Waals surface area contributed by atoms with Gasteiger partial charge in [-0.25, -0.2) is 8.42 Å². The summed E-state index contributed by atoms with van der Waals surface area (Å²) in [7, 11) is -4.17. The highest BCUT2D eigenvalue weighted by atomic mass is 32.2. The molecule has 28 heavy (non-hydrogen) atoms. The average molecular weight is 404 g/mol. The minimum atomic E-state index is -4.62. The second kappa shape index (κ2) is 7.85. The van der Waals surface area contributed by atoms with Crippen molar-refractivity contribution in [3.05, 3.63) is 89.7 Å². The van der Waals surface area contributed by atoms with E-state index in [1.165, 1.54) is 6.07 Å². The molecular weight excluding hydrogens is 389 g/mol. The molecule has 0 saturated heterocycles. The van der Waals surface area contributed by atoms with Gasteiger partial charge in [0.15, 0.2) is 0 Å². The highest BCUT2D eigenvalue weighted by molar-refractivity contribution is 7.92. The number of pyridine rings is 1. The monoisotopic (exact) mass is 404 g/mol. The summed E-state index contributed by atoms with van der Waals surface area (Å²) in [6.45, 7) is 0. The van der Waals surface area contributed by atoms with Gasteiger partial charge in [0.05, 0.1) is 16.2 Å². The molecule has 0 saturated carbocycles. The van der Waals surface area contributed by atoms with Gasteiger partial charge in [0.2, 0.25) is 0 Å². The minimum Gasteiger partial charge on any atom is -0.280 e. The maximum atomic E-state index is 12.8. The molecule has 3 rings (SSSR count). The Hall–Kier alpha value is -3.13. The van der Waals surface area contributed by atoms with Crippen LogP contribution in [0.25, 0.3) is 12.2 Å². The molecule has 0 aliphatic carbocycles. The summed E-state index contributed by atoms with van der Waals surface area (Å²) in [5.74, 6) is 0. The second-order valence-electron chi connectivity index (χ2n) is 5.84. The van der Waals surface area contributed by atoms with Crippen molar-refractivity contribution in [1.29, 1.82) is 0 Å². The summed E-state index contributed by atoms with van der Waals surface area (Å²) in [6.07, 6.45) is 0.547. The molecule has 0 aliphatic heterocycles. The zero-order chi connectivity index (χ0) is 20.2. The number of nitrogens with one attached hydrogen (secondary N) is 1.